The second-order valence-corrected chi connectivity index (χ2v) is 7.66. The molecule has 116 valence electrons. The second-order valence-electron chi connectivity index (χ2n) is 5.99. The van der Waals surface area contributed by atoms with Gasteiger partial charge in [0.2, 0.25) is 0 Å². The number of piperidine rings is 1. The van der Waals surface area contributed by atoms with Crippen molar-refractivity contribution in [2.75, 3.05) is 13.1 Å². The monoisotopic (exact) mass is 304 g/mol. The summed E-state index contributed by atoms with van der Waals surface area (Å²) in [5, 5.41) is 12.0. The van der Waals surface area contributed by atoms with Gasteiger partial charge in [0.1, 0.15) is 0 Å². The third kappa shape index (κ3) is 3.07. The number of rotatable bonds is 4. The third-order valence-corrected chi connectivity index (χ3v) is 6.00. The van der Waals surface area contributed by atoms with Crippen molar-refractivity contribution in [3.05, 3.63) is 0 Å². The highest BCUT2D eigenvalue weighted by atomic mass is 32.2. The number of nitrogens with two attached hydrogens (primary N) is 1. The lowest BCUT2D eigenvalue weighted by Crippen LogP contribution is -2.59. The van der Waals surface area contributed by atoms with Crippen LogP contribution in [0.25, 0.3) is 0 Å². The van der Waals surface area contributed by atoms with Gasteiger partial charge in [-0.1, -0.05) is 24.9 Å². The number of amidine groups is 1. The zero-order chi connectivity index (χ0) is 14.8. The molecule has 0 aromatic carbocycles. The zero-order valence-electron chi connectivity index (χ0n) is 11.9. The Morgan fingerprint density at radius 1 is 1.40 bits per heavy atom. The van der Waals surface area contributed by atoms with E-state index in [2.05, 4.69) is 16.8 Å². The summed E-state index contributed by atoms with van der Waals surface area (Å²) in [5.74, 6) is 0.326. The van der Waals surface area contributed by atoms with Gasteiger partial charge in [-0.15, -0.1) is 0 Å². The van der Waals surface area contributed by atoms with Crippen molar-refractivity contribution in [3.63, 3.8) is 0 Å². The molecule has 4 N–H and O–H groups in total. The predicted octanol–water partition coefficient (Wildman–Crippen LogP) is 0.612. The van der Waals surface area contributed by atoms with Gasteiger partial charge in [-0.2, -0.15) is 17.4 Å². The van der Waals surface area contributed by atoms with Crippen LogP contribution in [-0.2, 0) is 10.2 Å². The molecule has 1 aliphatic heterocycles. The van der Waals surface area contributed by atoms with Crippen LogP contribution in [0.4, 0.5) is 0 Å². The molecule has 20 heavy (non-hydrogen) atoms. The second kappa shape index (κ2) is 5.87. The Morgan fingerprint density at radius 2 is 2.05 bits per heavy atom. The van der Waals surface area contributed by atoms with Gasteiger partial charge in [0, 0.05) is 13.1 Å². The van der Waals surface area contributed by atoms with Crippen molar-refractivity contribution in [1.29, 1.82) is 0 Å². The van der Waals surface area contributed by atoms with E-state index in [1.807, 2.05) is 0 Å². The van der Waals surface area contributed by atoms with Crippen molar-refractivity contribution < 1.29 is 13.6 Å². The van der Waals surface area contributed by atoms with Gasteiger partial charge in [-0.3, -0.25) is 0 Å². The molecule has 2 aliphatic rings. The van der Waals surface area contributed by atoms with Crippen LogP contribution in [0.15, 0.2) is 5.16 Å². The topological polar surface area (TPSA) is 108 Å². The number of hydrogen-bond donors (Lipinski definition) is 3. The average molecular weight is 304 g/mol. The van der Waals surface area contributed by atoms with Gasteiger partial charge in [0.25, 0.3) is 10.2 Å². The molecule has 7 nitrogen and oxygen atoms in total. The summed E-state index contributed by atoms with van der Waals surface area (Å²) in [6, 6.07) is 0. The Morgan fingerprint density at radius 3 is 2.60 bits per heavy atom. The lowest BCUT2D eigenvalue weighted by atomic mass is 9.98. The zero-order valence-corrected chi connectivity index (χ0v) is 12.7. The molecule has 0 radical (unpaired) electrons. The standard InChI is InChI=1S/C12H24N4O3S/c1-10-5-4-8-16(9-10)20(18,19)15-12(11(13)14-17)6-2-3-7-12/h10,15,17H,2-9H2,1H3,(H2,13,14). The minimum atomic E-state index is -3.60. The van der Waals surface area contributed by atoms with E-state index < -0.39 is 15.7 Å². The molecular weight excluding hydrogens is 280 g/mol. The summed E-state index contributed by atoms with van der Waals surface area (Å²) < 4.78 is 29.2. The molecule has 2 fully saturated rings. The number of hydrogen-bond acceptors (Lipinski definition) is 4. The van der Waals surface area contributed by atoms with Crippen LogP contribution in [0.1, 0.15) is 45.4 Å². The highest BCUT2D eigenvalue weighted by Crippen LogP contribution is 2.31. The molecule has 1 saturated heterocycles. The van der Waals surface area contributed by atoms with Crippen LogP contribution in [0.5, 0.6) is 0 Å². The summed E-state index contributed by atoms with van der Waals surface area (Å²) in [6.45, 7) is 3.12. The van der Waals surface area contributed by atoms with Gasteiger partial charge in [-0.05, 0) is 31.6 Å². The first kappa shape index (κ1) is 15.5. The van der Waals surface area contributed by atoms with Crippen LogP contribution in [0.3, 0.4) is 0 Å². The normalized spacial score (nSPS) is 28.6. The lowest BCUT2D eigenvalue weighted by Gasteiger charge is -2.35. The number of nitrogens with one attached hydrogen (secondary N) is 1. The molecule has 1 atom stereocenters. The lowest BCUT2D eigenvalue weighted by molar-refractivity contribution is 0.273. The maximum atomic E-state index is 12.5. The molecule has 1 saturated carbocycles. The smallest absolute Gasteiger partial charge is 0.280 e. The Bertz CT molecular complexity index is 471. The van der Waals surface area contributed by atoms with E-state index in [4.69, 9.17) is 10.9 Å². The van der Waals surface area contributed by atoms with E-state index in [0.717, 1.165) is 25.7 Å². The third-order valence-electron chi connectivity index (χ3n) is 4.34. The Balaban J connectivity index is 2.17. The fourth-order valence-corrected chi connectivity index (χ4v) is 4.91. The minimum absolute atomic E-state index is 0.0383. The highest BCUT2D eigenvalue weighted by molar-refractivity contribution is 7.87. The summed E-state index contributed by atoms with van der Waals surface area (Å²) in [6.07, 6.45) is 4.82. The Hall–Kier alpha value is -0.860. The van der Waals surface area contributed by atoms with Gasteiger partial charge in [0.05, 0.1) is 5.54 Å². The van der Waals surface area contributed by atoms with E-state index in [0.29, 0.717) is 31.8 Å². The van der Waals surface area contributed by atoms with Crippen molar-refractivity contribution in [2.24, 2.45) is 16.8 Å². The molecule has 0 amide bonds. The van der Waals surface area contributed by atoms with Gasteiger partial charge >= 0.3 is 0 Å². The molecule has 1 aliphatic carbocycles. The summed E-state index contributed by atoms with van der Waals surface area (Å²) in [7, 11) is -3.60. The summed E-state index contributed by atoms with van der Waals surface area (Å²) in [4.78, 5) is 0. The number of oxime groups is 1. The SMILES string of the molecule is CC1CCCN(S(=O)(=O)NC2(/C(N)=N/O)CCCC2)C1. The first-order valence-corrected chi connectivity index (χ1v) is 8.61. The van der Waals surface area contributed by atoms with E-state index in [1.54, 1.807) is 0 Å². The molecule has 0 aromatic rings. The average Bonchev–Trinajstić information content (AvgIpc) is 2.87. The fourth-order valence-electron chi connectivity index (χ4n) is 3.16. The first-order chi connectivity index (χ1) is 9.39. The van der Waals surface area contributed by atoms with Crippen molar-refractivity contribution >= 4 is 16.0 Å². The maximum Gasteiger partial charge on any atom is 0.280 e. The summed E-state index contributed by atoms with van der Waals surface area (Å²) in [5.41, 5.74) is 4.81. The van der Waals surface area contributed by atoms with E-state index in [-0.39, 0.29) is 5.84 Å². The predicted molar refractivity (Wildman–Crippen MR) is 76.6 cm³/mol. The van der Waals surface area contributed by atoms with Gasteiger partial charge < -0.3 is 10.9 Å². The van der Waals surface area contributed by atoms with Crippen LogP contribution in [0, 0.1) is 5.92 Å². The molecule has 0 spiro atoms. The summed E-state index contributed by atoms with van der Waals surface area (Å²) >= 11 is 0. The molecule has 0 bridgehead atoms. The van der Waals surface area contributed by atoms with Crippen LogP contribution >= 0.6 is 0 Å². The highest BCUT2D eigenvalue weighted by Gasteiger charge is 2.43. The van der Waals surface area contributed by atoms with Crippen molar-refractivity contribution in [3.8, 4) is 0 Å². The van der Waals surface area contributed by atoms with Gasteiger partial charge in [-0.25, -0.2) is 0 Å². The first-order valence-electron chi connectivity index (χ1n) is 7.17. The van der Waals surface area contributed by atoms with E-state index >= 15 is 0 Å². The van der Waals surface area contributed by atoms with E-state index in [9.17, 15) is 8.42 Å². The molecule has 1 unspecified atom stereocenters. The maximum absolute atomic E-state index is 12.5. The number of nitrogens with zero attached hydrogens (tertiary/aromatic N) is 2. The van der Waals surface area contributed by atoms with Crippen LogP contribution in [0.2, 0.25) is 0 Å². The Kier molecular flexibility index (Phi) is 4.55. The minimum Gasteiger partial charge on any atom is -0.409 e. The molecule has 2 rings (SSSR count). The molecule has 0 aromatic heterocycles. The van der Waals surface area contributed by atoms with Gasteiger partial charge in [0.15, 0.2) is 5.84 Å². The largest absolute Gasteiger partial charge is 0.409 e. The molecule has 8 heteroatoms. The van der Waals surface area contributed by atoms with Crippen molar-refractivity contribution in [1.82, 2.24) is 9.03 Å². The molecule has 1 heterocycles. The van der Waals surface area contributed by atoms with Crippen molar-refractivity contribution in [2.45, 2.75) is 51.0 Å². The fraction of sp³-hybridized carbons (Fsp3) is 0.917. The van der Waals surface area contributed by atoms with E-state index in [1.165, 1.54) is 4.31 Å². The molecular formula is C12H24N4O3S. The quantitative estimate of drug-likeness (QED) is 0.306. The Labute approximate surface area is 120 Å². The van der Waals surface area contributed by atoms with Crippen LogP contribution < -0.4 is 10.5 Å². The van der Waals surface area contributed by atoms with Crippen LogP contribution in [-0.4, -0.2) is 42.4 Å².